The minimum Gasteiger partial charge on any atom is -0.444 e. The van der Waals surface area contributed by atoms with Crippen LogP contribution in [0.15, 0.2) is 267 Å². The number of nitrogens with one attached hydrogen (secondary N) is 2. The topological polar surface area (TPSA) is 154 Å². The van der Waals surface area contributed by atoms with Crippen LogP contribution in [0, 0.1) is 0 Å². The van der Waals surface area contributed by atoms with Crippen LogP contribution in [0.4, 0.5) is 21.0 Å². The van der Waals surface area contributed by atoms with Crippen LogP contribution in [0.5, 0.6) is 0 Å². The van der Waals surface area contributed by atoms with Gasteiger partial charge < -0.3 is 9.47 Å². The summed E-state index contributed by atoms with van der Waals surface area (Å²) in [4.78, 5) is 52.3. The van der Waals surface area contributed by atoms with Crippen molar-refractivity contribution in [3.8, 4) is 112 Å². The van der Waals surface area contributed by atoms with Crippen molar-refractivity contribution < 1.29 is 36.1 Å². The molecule has 0 unspecified atom stereocenters. The molecule has 0 radical (unpaired) electrons. The maximum atomic E-state index is 12.2. The van der Waals surface area contributed by atoms with Crippen molar-refractivity contribution in [2.45, 2.75) is 52.7 Å². The van der Waals surface area contributed by atoms with E-state index in [0.717, 1.165) is 112 Å². The molecular weight excluding hydrogens is 1140 g/mol. The number of hydrogen-bond donors (Lipinski definition) is 2. The molecule has 0 spiro atoms. The molecule has 2 N–H and O–H groups in total. The predicted octanol–water partition coefficient (Wildman–Crippen LogP) is 19.1. The Hall–Kier alpha value is -10.7. The fourth-order valence-corrected chi connectivity index (χ4v) is 9.82. The third-order valence-corrected chi connectivity index (χ3v) is 13.9. The Morgan fingerprint density at radius 1 is 0.281 bits per heavy atom. The summed E-state index contributed by atoms with van der Waals surface area (Å²) in [6.07, 6.45) is 6.18. The number of rotatable bonds is 12. The molecule has 2 amide bonds. The van der Waals surface area contributed by atoms with Crippen LogP contribution in [0.2, 0.25) is 0 Å². The molecule has 89 heavy (non-hydrogen) atoms. The number of hydrogen-bond acceptors (Lipinski definition) is 10. The quantitative estimate of drug-likeness (QED) is 0.113. The van der Waals surface area contributed by atoms with Crippen molar-refractivity contribution in [2.75, 3.05) is 10.6 Å². The molecule has 0 saturated heterocycles. The zero-order valence-corrected chi connectivity index (χ0v) is 51.2. The second kappa shape index (κ2) is 27.8. The van der Waals surface area contributed by atoms with Gasteiger partial charge >= 0.3 is 12.2 Å². The predicted molar refractivity (Wildman–Crippen MR) is 354 cm³/mol. The monoisotopic (exact) mass is 1210 g/mol. The maximum Gasteiger partial charge on any atom is 0.412 e. The van der Waals surface area contributed by atoms with Gasteiger partial charge in [-0.3, -0.25) is 30.6 Å². The van der Waals surface area contributed by atoms with Crippen LogP contribution in [0.25, 0.3) is 112 Å². The number of aromatic nitrogens is 6. The Bertz CT molecular complexity index is 3970. The molecule has 0 aliphatic rings. The van der Waals surface area contributed by atoms with E-state index in [9.17, 15) is 9.59 Å². The molecule has 6 heterocycles. The zero-order chi connectivity index (χ0) is 61.0. The number of carbonyl (C=O) groups is 2. The summed E-state index contributed by atoms with van der Waals surface area (Å²) in [5.41, 5.74) is 19.5. The Kier molecular flexibility index (Phi) is 19.1. The van der Waals surface area contributed by atoms with Crippen LogP contribution < -0.4 is 10.6 Å². The van der Waals surface area contributed by atoms with E-state index in [4.69, 9.17) is 19.4 Å². The zero-order valence-electron chi connectivity index (χ0n) is 50.1. The van der Waals surface area contributed by atoms with Gasteiger partial charge in [-0.25, -0.2) is 19.6 Å². The molecule has 0 saturated carbocycles. The first-order valence-electron chi connectivity index (χ1n) is 28.9. The van der Waals surface area contributed by atoms with Gasteiger partial charge in [0, 0.05) is 53.2 Å². The molecule has 0 fully saturated rings. The molecule has 12 aromatic rings. The van der Waals surface area contributed by atoms with Crippen molar-refractivity contribution in [1.29, 1.82) is 0 Å². The van der Waals surface area contributed by atoms with Crippen molar-refractivity contribution in [3.63, 3.8) is 0 Å². The van der Waals surface area contributed by atoms with E-state index < -0.39 is 23.4 Å². The number of benzene rings is 6. The first-order valence-corrected chi connectivity index (χ1v) is 28.9. The first-order chi connectivity index (χ1) is 42.6. The molecular formula is C76H64FeN8O4. The van der Waals surface area contributed by atoms with Crippen molar-refractivity contribution in [1.82, 2.24) is 29.9 Å². The van der Waals surface area contributed by atoms with Gasteiger partial charge in [-0.05, 0) is 230 Å². The molecule has 6 aromatic heterocycles. The third kappa shape index (κ3) is 16.4. The Balaban J connectivity index is 0.000000194. The molecule has 12 nitrogen and oxygen atoms in total. The average Bonchev–Trinajstić information content (AvgIpc) is 1.78. The summed E-state index contributed by atoms with van der Waals surface area (Å²) >= 11 is 0. The molecule has 0 atom stereocenters. The largest absolute Gasteiger partial charge is 0.444 e. The van der Waals surface area contributed by atoms with E-state index in [1.165, 1.54) is 0 Å². The fraction of sp³-hybridized carbons (Fsp3) is 0.105. The average molecular weight is 1210 g/mol. The molecule has 0 aliphatic heterocycles. The number of carbonyl (C=O) groups excluding carboxylic acids is 2. The number of pyridine rings is 6. The number of ether oxygens (including phenoxy) is 2. The maximum absolute atomic E-state index is 12.2. The van der Waals surface area contributed by atoms with Crippen molar-refractivity contribution in [3.05, 3.63) is 267 Å². The van der Waals surface area contributed by atoms with Gasteiger partial charge in [-0.2, -0.15) is 0 Å². The molecule has 440 valence electrons. The summed E-state index contributed by atoms with van der Waals surface area (Å²) in [6, 6.07) is 81.1. The van der Waals surface area contributed by atoms with Gasteiger partial charge in [-0.1, -0.05) is 121 Å². The number of amides is 2. The number of anilines is 2. The van der Waals surface area contributed by atoms with E-state index in [-0.39, 0.29) is 17.1 Å². The molecule has 6 aromatic carbocycles. The van der Waals surface area contributed by atoms with E-state index in [2.05, 4.69) is 152 Å². The van der Waals surface area contributed by atoms with E-state index in [1.807, 2.05) is 163 Å². The second-order valence-corrected chi connectivity index (χ2v) is 22.8. The normalized spacial score (nSPS) is 11.0. The third-order valence-electron chi connectivity index (χ3n) is 13.9. The molecule has 13 heteroatoms. The van der Waals surface area contributed by atoms with Gasteiger partial charge in [-0.15, -0.1) is 0 Å². The number of nitrogens with zero attached hydrogens (tertiary/aromatic N) is 6. The molecule has 0 bridgehead atoms. The van der Waals surface area contributed by atoms with Crippen LogP contribution in [0.3, 0.4) is 0 Å². The standard InChI is InChI=1S/2C38H32N4O2.Fe/c2*1-38(2,3)44-37(43)41-32-18-16-26(17-19-32)27-10-8-11-28(22-27)29-12-9-13-30(23-29)31-24-35(33-14-4-6-20-39-33)42-36(25-31)34-15-5-7-21-40-34;/h2*4-25H,1-3H3,(H,41,43);. The van der Waals surface area contributed by atoms with Gasteiger partial charge in [0.15, 0.2) is 0 Å². The van der Waals surface area contributed by atoms with E-state index in [1.54, 1.807) is 24.8 Å². The Morgan fingerprint density at radius 3 is 0.764 bits per heavy atom. The van der Waals surface area contributed by atoms with Gasteiger partial charge in [0.1, 0.15) is 11.2 Å². The van der Waals surface area contributed by atoms with Crippen LogP contribution in [-0.2, 0) is 26.5 Å². The van der Waals surface area contributed by atoms with E-state index in [0.29, 0.717) is 11.4 Å². The smallest absolute Gasteiger partial charge is 0.412 e. The fourth-order valence-electron chi connectivity index (χ4n) is 9.82. The van der Waals surface area contributed by atoms with Crippen molar-refractivity contribution >= 4 is 23.6 Å². The Morgan fingerprint density at radius 2 is 0.528 bits per heavy atom. The van der Waals surface area contributed by atoms with Crippen molar-refractivity contribution in [2.24, 2.45) is 0 Å². The molecule has 0 aliphatic carbocycles. The summed E-state index contributed by atoms with van der Waals surface area (Å²) in [5, 5.41) is 5.58. The van der Waals surface area contributed by atoms with Gasteiger partial charge in [0.2, 0.25) is 0 Å². The summed E-state index contributed by atoms with van der Waals surface area (Å²) in [5.74, 6) is 0. The first kappa shape index (κ1) is 61.4. The minimum absolute atomic E-state index is 0. The van der Waals surface area contributed by atoms with E-state index >= 15 is 0 Å². The summed E-state index contributed by atoms with van der Waals surface area (Å²) < 4.78 is 10.7. The van der Waals surface area contributed by atoms with Gasteiger partial charge in [0.05, 0.1) is 45.6 Å². The van der Waals surface area contributed by atoms with Crippen LogP contribution >= 0.6 is 0 Å². The SMILES string of the molecule is CC(C)(C)OC(=O)Nc1ccc(-c2cccc(-c3cccc(-c4cc(-c5ccccn5)nc(-c5ccccn5)c4)c3)c2)cc1.CC(C)(C)OC(=O)Nc1ccc(-c2cccc(-c3cccc(-c4cc(-c5ccccn5)nc(-c5ccccn5)c4)c3)c2)cc1.[Fe]. The summed E-state index contributed by atoms with van der Waals surface area (Å²) in [6.45, 7) is 11.0. The summed E-state index contributed by atoms with van der Waals surface area (Å²) in [7, 11) is 0. The second-order valence-electron chi connectivity index (χ2n) is 22.8. The minimum atomic E-state index is -0.554. The van der Waals surface area contributed by atoms with Crippen LogP contribution in [0.1, 0.15) is 41.5 Å². The molecule has 12 rings (SSSR count). The van der Waals surface area contributed by atoms with Gasteiger partial charge in [0.25, 0.3) is 0 Å². The van der Waals surface area contributed by atoms with Crippen LogP contribution in [-0.4, -0.2) is 53.3 Å². The Labute approximate surface area is 529 Å².